The van der Waals surface area contributed by atoms with Crippen LogP contribution in [0, 0.1) is 0 Å². The molecule has 2 heterocycles. The number of nitrogens with zero attached hydrogens (tertiary/aromatic N) is 2. The van der Waals surface area contributed by atoms with E-state index in [0.29, 0.717) is 24.5 Å². The molecule has 0 radical (unpaired) electrons. The van der Waals surface area contributed by atoms with Crippen molar-refractivity contribution in [1.29, 1.82) is 0 Å². The van der Waals surface area contributed by atoms with E-state index in [1.54, 1.807) is 18.5 Å². The Hall–Kier alpha value is -0.793. The summed E-state index contributed by atoms with van der Waals surface area (Å²) < 4.78 is 35.4. The monoisotopic (exact) mass is 402 g/mol. The first kappa shape index (κ1) is 17.0. The topological polar surface area (TPSA) is 27.1 Å². The molecule has 1 saturated carbocycles. The maximum atomic E-state index is 13.5. The molecule has 0 amide bonds. The standard InChI is InChI=1S/C16H21BrF2N2OSi/c1-23(2,3)7-6-22-10-21-9-11(12-8-16(12,18)19)14-13(17)4-5-20-15(14)21/h4-5,9,12H,6-8,10H2,1-3H3. The van der Waals surface area contributed by atoms with E-state index in [4.69, 9.17) is 4.74 Å². The molecule has 1 fully saturated rings. The van der Waals surface area contributed by atoms with Gasteiger partial charge in [-0.3, -0.25) is 0 Å². The van der Waals surface area contributed by atoms with E-state index in [0.717, 1.165) is 15.9 Å². The van der Waals surface area contributed by atoms with Gasteiger partial charge >= 0.3 is 0 Å². The minimum atomic E-state index is -2.59. The van der Waals surface area contributed by atoms with Crippen LogP contribution in [0.4, 0.5) is 8.78 Å². The molecular weight excluding hydrogens is 382 g/mol. The van der Waals surface area contributed by atoms with Crippen molar-refractivity contribution in [1.82, 2.24) is 9.55 Å². The third kappa shape index (κ3) is 3.66. The minimum Gasteiger partial charge on any atom is -0.361 e. The van der Waals surface area contributed by atoms with Gasteiger partial charge in [0.25, 0.3) is 5.92 Å². The van der Waals surface area contributed by atoms with E-state index >= 15 is 0 Å². The number of halogens is 3. The highest BCUT2D eigenvalue weighted by Crippen LogP contribution is 2.57. The zero-order valence-corrected chi connectivity index (χ0v) is 16.2. The summed E-state index contributed by atoms with van der Waals surface area (Å²) in [5.74, 6) is -3.29. The number of ether oxygens (including phenoxy) is 1. The van der Waals surface area contributed by atoms with Gasteiger partial charge in [0.2, 0.25) is 0 Å². The molecule has 0 N–H and O–H groups in total. The zero-order chi connectivity index (χ0) is 16.8. The maximum absolute atomic E-state index is 13.5. The van der Waals surface area contributed by atoms with Crippen LogP contribution in [-0.4, -0.2) is 30.2 Å². The number of fused-ring (bicyclic) bond motifs is 1. The second kappa shape index (κ2) is 5.93. The quantitative estimate of drug-likeness (QED) is 0.488. The Morgan fingerprint density at radius 2 is 2.13 bits per heavy atom. The lowest BCUT2D eigenvalue weighted by Gasteiger charge is -2.15. The lowest BCUT2D eigenvalue weighted by atomic mass is 10.1. The number of aromatic nitrogens is 2. The van der Waals surface area contributed by atoms with Gasteiger partial charge in [-0.05, 0) is 33.6 Å². The Morgan fingerprint density at radius 3 is 2.74 bits per heavy atom. The number of rotatable bonds is 6. The molecular formula is C16H21BrF2N2OSi. The largest absolute Gasteiger partial charge is 0.361 e. The molecule has 1 aliphatic carbocycles. The summed E-state index contributed by atoms with van der Waals surface area (Å²) in [5, 5.41) is 0.781. The fourth-order valence-corrected chi connectivity index (χ4v) is 3.94. The highest BCUT2D eigenvalue weighted by atomic mass is 79.9. The van der Waals surface area contributed by atoms with E-state index < -0.39 is 19.9 Å². The second-order valence-electron chi connectivity index (χ2n) is 7.41. The van der Waals surface area contributed by atoms with Gasteiger partial charge in [-0.25, -0.2) is 13.8 Å². The summed E-state index contributed by atoms with van der Waals surface area (Å²) in [4.78, 5) is 4.36. The molecule has 0 spiro atoms. The lowest BCUT2D eigenvalue weighted by molar-refractivity contribution is 0.0894. The number of pyridine rings is 1. The third-order valence-electron chi connectivity index (χ3n) is 4.16. The molecule has 3 nitrogen and oxygen atoms in total. The molecule has 7 heteroatoms. The normalized spacial score (nSPS) is 20.2. The van der Waals surface area contributed by atoms with Gasteiger partial charge in [-0.2, -0.15) is 0 Å². The summed E-state index contributed by atoms with van der Waals surface area (Å²) in [6.45, 7) is 7.94. The molecule has 1 atom stereocenters. The van der Waals surface area contributed by atoms with Gasteiger partial charge in [0.15, 0.2) is 0 Å². The van der Waals surface area contributed by atoms with Crippen molar-refractivity contribution in [3.8, 4) is 0 Å². The SMILES string of the molecule is C[Si](C)(C)CCOCn1cc(C2CC2(F)F)c2c(Br)ccnc21. The molecule has 0 aromatic carbocycles. The van der Waals surface area contributed by atoms with Crippen LogP contribution in [-0.2, 0) is 11.5 Å². The molecule has 0 aliphatic heterocycles. The van der Waals surface area contributed by atoms with Crippen molar-refractivity contribution in [3.63, 3.8) is 0 Å². The first-order valence-electron chi connectivity index (χ1n) is 7.78. The van der Waals surface area contributed by atoms with Crippen LogP contribution in [0.25, 0.3) is 11.0 Å². The zero-order valence-electron chi connectivity index (χ0n) is 13.6. The van der Waals surface area contributed by atoms with Crippen molar-refractivity contribution < 1.29 is 13.5 Å². The first-order chi connectivity index (χ1) is 10.7. The van der Waals surface area contributed by atoms with E-state index in [-0.39, 0.29) is 6.42 Å². The summed E-state index contributed by atoms with van der Waals surface area (Å²) in [6, 6.07) is 2.87. The van der Waals surface area contributed by atoms with E-state index in [1.807, 2.05) is 4.57 Å². The van der Waals surface area contributed by atoms with Crippen molar-refractivity contribution in [2.75, 3.05) is 6.61 Å². The average molecular weight is 403 g/mol. The minimum absolute atomic E-state index is 0.0794. The summed E-state index contributed by atoms with van der Waals surface area (Å²) in [5.41, 5.74) is 1.36. The van der Waals surface area contributed by atoms with Crippen molar-refractivity contribution in [3.05, 3.63) is 28.5 Å². The Balaban J connectivity index is 1.82. The van der Waals surface area contributed by atoms with E-state index in [9.17, 15) is 8.78 Å². The molecule has 0 bridgehead atoms. The molecule has 126 valence electrons. The van der Waals surface area contributed by atoms with Gasteiger partial charge in [-0.15, -0.1) is 0 Å². The van der Waals surface area contributed by atoms with Crippen molar-refractivity contribution in [2.24, 2.45) is 0 Å². The number of hydrogen-bond acceptors (Lipinski definition) is 2. The predicted molar refractivity (Wildman–Crippen MR) is 93.8 cm³/mol. The highest BCUT2D eigenvalue weighted by Gasteiger charge is 2.58. The summed E-state index contributed by atoms with van der Waals surface area (Å²) in [7, 11) is -1.14. The third-order valence-corrected chi connectivity index (χ3v) is 6.53. The van der Waals surface area contributed by atoms with Gasteiger partial charge in [0.05, 0.1) is 5.92 Å². The molecule has 1 aliphatic rings. The molecule has 23 heavy (non-hydrogen) atoms. The Labute approximate surface area is 144 Å². The predicted octanol–water partition coefficient (Wildman–Crippen LogP) is 5.23. The summed E-state index contributed by atoms with van der Waals surface area (Å²) in [6.07, 6.45) is 3.38. The number of hydrogen-bond donors (Lipinski definition) is 0. The molecule has 1 unspecified atom stereocenters. The molecule has 2 aromatic heterocycles. The van der Waals surface area contributed by atoms with Crippen LogP contribution in [0.5, 0.6) is 0 Å². The number of alkyl halides is 2. The van der Waals surface area contributed by atoms with Crippen LogP contribution in [0.1, 0.15) is 17.9 Å². The summed E-state index contributed by atoms with van der Waals surface area (Å²) >= 11 is 3.47. The van der Waals surface area contributed by atoms with Crippen molar-refractivity contribution >= 4 is 35.0 Å². The smallest absolute Gasteiger partial charge is 0.256 e. The van der Waals surface area contributed by atoms with Crippen LogP contribution in [0.2, 0.25) is 25.7 Å². The Bertz CT molecular complexity index is 727. The average Bonchev–Trinajstić information content (AvgIpc) is 2.91. The Kier molecular flexibility index (Phi) is 4.40. The lowest BCUT2D eigenvalue weighted by Crippen LogP contribution is -2.22. The second-order valence-corrected chi connectivity index (χ2v) is 13.9. The van der Waals surface area contributed by atoms with E-state index in [1.165, 1.54) is 0 Å². The fraction of sp³-hybridized carbons (Fsp3) is 0.562. The van der Waals surface area contributed by atoms with Gasteiger partial charge < -0.3 is 9.30 Å². The first-order valence-corrected chi connectivity index (χ1v) is 12.3. The van der Waals surface area contributed by atoms with Gasteiger partial charge in [0.1, 0.15) is 12.4 Å². The van der Waals surface area contributed by atoms with Gasteiger partial charge in [-0.1, -0.05) is 19.6 Å². The van der Waals surface area contributed by atoms with Crippen LogP contribution in [0.15, 0.2) is 22.9 Å². The molecule has 0 saturated heterocycles. The van der Waals surface area contributed by atoms with E-state index in [2.05, 4.69) is 40.6 Å². The van der Waals surface area contributed by atoms with Crippen LogP contribution >= 0.6 is 15.9 Å². The molecule has 3 rings (SSSR count). The highest BCUT2D eigenvalue weighted by molar-refractivity contribution is 9.10. The molecule has 2 aromatic rings. The van der Waals surface area contributed by atoms with Gasteiger partial charge in [0, 0.05) is 43.4 Å². The van der Waals surface area contributed by atoms with Crippen molar-refractivity contribution in [2.45, 2.75) is 50.7 Å². The fourth-order valence-electron chi connectivity index (χ4n) is 2.66. The van der Waals surface area contributed by atoms with Crippen LogP contribution in [0.3, 0.4) is 0 Å². The maximum Gasteiger partial charge on any atom is 0.256 e. The van der Waals surface area contributed by atoms with Crippen LogP contribution < -0.4 is 0 Å². The Morgan fingerprint density at radius 1 is 1.43 bits per heavy atom.